The zero-order valence-electron chi connectivity index (χ0n) is 13.0. The largest absolute Gasteiger partial charge is 0.469 e. The van der Waals surface area contributed by atoms with Crippen molar-refractivity contribution in [1.29, 1.82) is 0 Å². The molecule has 0 bridgehead atoms. The molecule has 1 saturated heterocycles. The van der Waals surface area contributed by atoms with E-state index in [4.69, 9.17) is 9.47 Å². The molecule has 22 heavy (non-hydrogen) atoms. The van der Waals surface area contributed by atoms with Crippen LogP contribution >= 0.6 is 0 Å². The molecule has 1 fully saturated rings. The average molecular weight is 303 g/mol. The minimum atomic E-state index is -0.224. The van der Waals surface area contributed by atoms with Crippen LogP contribution in [-0.2, 0) is 20.8 Å². The topological polar surface area (TPSA) is 56.1 Å². The molecule has 118 valence electrons. The number of aryl methyl sites for hydroxylation is 1. The molecule has 1 atom stereocenters. The SMILES string of the molecule is COC(=O)C[C@@H]1CN(Cc2c(C)nc3ccccn23)CCO1. The van der Waals surface area contributed by atoms with Gasteiger partial charge in [-0.2, -0.15) is 0 Å². The lowest BCUT2D eigenvalue weighted by molar-refractivity contribution is -0.145. The van der Waals surface area contributed by atoms with Gasteiger partial charge >= 0.3 is 5.97 Å². The van der Waals surface area contributed by atoms with Crippen LogP contribution in [0.2, 0.25) is 0 Å². The van der Waals surface area contributed by atoms with Gasteiger partial charge in [-0.1, -0.05) is 6.07 Å². The molecule has 6 nitrogen and oxygen atoms in total. The van der Waals surface area contributed by atoms with E-state index in [0.29, 0.717) is 13.0 Å². The molecule has 0 aromatic carbocycles. The Labute approximate surface area is 129 Å². The van der Waals surface area contributed by atoms with Crippen LogP contribution in [0.15, 0.2) is 24.4 Å². The van der Waals surface area contributed by atoms with Crippen LogP contribution < -0.4 is 0 Å². The summed E-state index contributed by atoms with van der Waals surface area (Å²) in [4.78, 5) is 18.3. The summed E-state index contributed by atoms with van der Waals surface area (Å²) >= 11 is 0. The standard InChI is InChI=1S/C16H21N3O3/c1-12-14(19-6-4-3-5-15(19)17-12)11-18-7-8-22-13(10-18)9-16(20)21-2/h3-6,13H,7-11H2,1-2H3/t13-/m1/s1. The maximum Gasteiger partial charge on any atom is 0.308 e. The van der Waals surface area contributed by atoms with Crippen LogP contribution in [-0.4, -0.2) is 53.2 Å². The van der Waals surface area contributed by atoms with E-state index >= 15 is 0 Å². The van der Waals surface area contributed by atoms with E-state index < -0.39 is 0 Å². The number of fused-ring (bicyclic) bond motifs is 1. The van der Waals surface area contributed by atoms with Crippen LogP contribution in [0.3, 0.4) is 0 Å². The third kappa shape index (κ3) is 3.13. The van der Waals surface area contributed by atoms with E-state index in [1.807, 2.05) is 31.3 Å². The number of carbonyl (C=O) groups is 1. The highest BCUT2D eigenvalue weighted by Crippen LogP contribution is 2.17. The summed E-state index contributed by atoms with van der Waals surface area (Å²) in [5, 5.41) is 0. The second kappa shape index (κ2) is 6.46. The van der Waals surface area contributed by atoms with Crippen molar-refractivity contribution in [2.45, 2.75) is 26.0 Å². The number of pyridine rings is 1. The molecule has 0 amide bonds. The van der Waals surface area contributed by atoms with Gasteiger partial charge in [-0.25, -0.2) is 4.98 Å². The van der Waals surface area contributed by atoms with Crippen molar-refractivity contribution in [3.8, 4) is 0 Å². The summed E-state index contributed by atoms with van der Waals surface area (Å²) in [6.45, 7) is 5.07. The van der Waals surface area contributed by atoms with Crippen molar-refractivity contribution in [2.24, 2.45) is 0 Å². The lowest BCUT2D eigenvalue weighted by Crippen LogP contribution is -2.43. The molecular formula is C16H21N3O3. The number of hydrogen-bond donors (Lipinski definition) is 0. The van der Waals surface area contributed by atoms with Gasteiger partial charge in [0.25, 0.3) is 0 Å². The quantitative estimate of drug-likeness (QED) is 0.799. The van der Waals surface area contributed by atoms with Gasteiger partial charge in [0.15, 0.2) is 0 Å². The van der Waals surface area contributed by atoms with Crippen molar-refractivity contribution in [3.05, 3.63) is 35.8 Å². The van der Waals surface area contributed by atoms with Crippen molar-refractivity contribution in [2.75, 3.05) is 26.8 Å². The molecule has 0 saturated carbocycles. The Morgan fingerprint density at radius 1 is 1.50 bits per heavy atom. The molecule has 1 aliphatic heterocycles. The maximum absolute atomic E-state index is 11.4. The normalized spacial score (nSPS) is 19.5. The summed E-state index contributed by atoms with van der Waals surface area (Å²) in [5.41, 5.74) is 3.20. The Bertz CT molecular complexity index is 668. The number of nitrogens with zero attached hydrogens (tertiary/aromatic N) is 3. The van der Waals surface area contributed by atoms with E-state index in [-0.39, 0.29) is 12.1 Å². The molecule has 0 spiro atoms. The molecule has 2 aromatic heterocycles. The molecule has 0 N–H and O–H groups in total. The number of rotatable bonds is 4. The summed E-state index contributed by atoms with van der Waals surface area (Å²) in [6, 6.07) is 6.01. The van der Waals surface area contributed by atoms with Gasteiger partial charge in [-0.3, -0.25) is 9.69 Å². The fraction of sp³-hybridized carbons (Fsp3) is 0.500. The lowest BCUT2D eigenvalue weighted by atomic mass is 10.2. The molecule has 2 aromatic rings. The van der Waals surface area contributed by atoms with E-state index in [1.165, 1.54) is 12.8 Å². The van der Waals surface area contributed by atoms with Crippen molar-refractivity contribution in [1.82, 2.24) is 14.3 Å². The molecule has 1 aliphatic rings. The van der Waals surface area contributed by atoms with E-state index in [0.717, 1.165) is 31.0 Å². The van der Waals surface area contributed by atoms with E-state index in [9.17, 15) is 4.79 Å². The number of morpholine rings is 1. The number of hydrogen-bond acceptors (Lipinski definition) is 5. The Morgan fingerprint density at radius 3 is 3.18 bits per heavy atom. The van der Waals surface area contributed by atoms with Gasteiger partial charge in [-0.05, 0) is 19.1 Å². The van der Waals surface area contributed by atoms with E-state index in [1.54, 1.807) is 0 Å². The molecule has 0 aliphatic carbocycles. The fourth-order valence-electron chi connectivity index (χ4n) is 2.88. The summed E-state index contributed by atoms with van der Waals surface area (Å²) in [7, 11) is 1.41. The predicted molar refractivity (Wildman–Crippen MR) is 81.6 cm³/mol. The van der Waals surface area contributed by atoms with Crippen molar-refractivity contribution < 1.29 is 14.3 Å². The van der Waals surface area contributed by atoms with Crippen LogP contribution in [0.5, 0.6) is 0 Å². The summed E-state index contributed by atoms with van der Waals surface area (Å²) < 4.78 is 12.5. The van der Waals surface area contributed by atoms with Crippen LogP contribution in [0.1, 0.15) is 17.8 Å². The minimum absolute atomic E-state index is 0.0966. The van der Waals surface area contributed by atoms with Crippen LogP contribution in [0.25, 0.3) is 5.65 Å². The van der Waals surface area contributed by atoms with Gasteiger partial charge in [0.05, 0.1) is 37.6 Å². The maximum atomic E-state index is 11.4. The van der Waals surface area contributed by atoms with Crippen LogP contribution in [0.4, 0.5) is 0 Å². The Kier molecular flexibility index (Phi) is 4.40. The second-order valence-electron chi connectivity index (χ2n) is 5.58. The third-order valence-corrected chi connectivity index (χ3v) is 4.05. The predicted octanol–water partition coefficient (Wildman–Crippen LogP) is 1.41. The zero-order chi connectivity index (χ0) is 15.5. The molecule has 3 rings (SSSR count). The summed E-state index contributed by atoms with van der Waals surface area (Å²) in [5.74, 6) is -0.224. The minimum Gasteiger partial charge on any atom is -0.469 e. The highest BCUT2D eigenvalue weighted by atomic mass is 16.5. The zero-order valence-corrected chi connectivity index (χ0v) is 13.0. The van der Waals surface area contributed by atoms with Gasteiger partial charge in [0.2, 0.25) is 0 Å². The van der Waals surface area contributed by atoms with Crippen molar-refractivity contribution >= 4 is 11.6 Å². The van der Waals surface area contributed by atoms with Gasteiger partial charge in [0, 0.05) is 25.8 Å². The summed E-state index contributed by atoms with van der Waals surface area (Å²) in [6.07, 6.45) is 2.25. The lowest BCUT2D eigenvalue weighted by Gasteiger charge is -2.32. The Hall–Kier alpha value is -1.92. The monoisotopic (exact) mass is 303 g/mol. The average Bonchev–Trinajstić information content (AvgIpc) is 2.84. The van der Waals surface area contributed by atoms with Crippen molar-refractivity contribution in [3.63, 3.8) is 0 Å². The number of esters is 1. The number of ether oxygens (including phenoxy) is 2. The number of methoxy groups -OCH3 is 1. The Morgan fingerprint density at radius 2 is 2.36 bits per heavy atom. The van der Waals surface area contributed by atoms with Gasteiger partial charge in [0.1, 0.15) is 5.65 Å². The first-order valence-corrected chi connectivity index (χ1v) is 7.50. The van der Waals surface area contributed by atoms with Crippen LogP contribution in [0, 0.1) is 6.92 Å². The highest BCUT2D eigenvalue weighted by Gasteiger charge is 2.24. The van der Waals surface area contributed by atoms with E-state index in [2.05, 4.69) is 14.3 Å². The smallest absolute Gasteiger partial charge is 0.308 e. The van der Waals surface area contributed by atoms with Gasteiger partial charge < -0.3 is 13.9 Å². The first-order chi connectivity index (χ1) is 10.7. The number of aromatic nitrogens is 2. The fourth-order valence-corrected chi connectivity index (χ4v) is 2.88. The number of imidazole rings is 1. The third-order valence-electron chi connectivity index (χ3n) is 4.05. The first-order valence-electron chi connectivity index (χ1n) is 7.50. The highest BCUT2D eigenvalue weighted by molar-refractivity contribution is 5.69. The molecule has 0 radical (unpaired) electrons. The number of carbonyl (C=O) groups excluding carboxylic acids is 1. The molecule has 3 heterocycles. The first kappa shape index (κ1) is 15.0. The molecule has 6 heteroatoms. The molecule has 0 unspecified atom stereocenters. The Balaban J connectivity index is 1.71. The second-order valence-corrected chi connectivity index (χ2v) is 5.58. The molecular weight excluding hydrogens is 282 g/mol. The van der Waals surface area contributed by atoms with Gasteiger partial charge in [-0.15, -0.1) is 0 Å².